The van der Waals surface area contributed by atoms with E-state index in [2.05, 4.69) is 9.71 Å². The van der Waals surface area contributed by atoms with Crippen molar-refractivity contribution in [2.75, 3.05) is 7.05 Å². The lowest BCUT2D eigenvalue weighted by Crippen LogP contribution is -2.37. The fourth-order valence-corrected chi connectivity index (χ4v) is 4.74. The van der Waals surface area contributed by atoms with Gasteiger partial charge in [0.25, 0.3) is 10.0 Å². The maximum absolute atomic E-state index is 14.1. The van der Waals surface area contributed by atoms with Crippen LogP contribution in [0.5, 0.6) is 0 Å². The summed E-state index contributed by atoms with van der Waals surface area (Å²) in [6.45, 7) is 1.98. The lowest BCUT2D eigenvalue weighted by atomic mass is 10.1. The van der Waals surface area contributed by atoms with Crippen LogP contribution >= 0.6 is 11.6 Å². The van der Waals surface area contributed by atoms with Crippen molar-refractivity contribution in [3.8, 4) is 0 Å². The lowest BCUT2D eigenvalue weighted by molar-refractivity contribution is -0.131. The summed E-state index contributed by atoms with van der Waals surface area (Å²) in [5.74, 6) is -0.674. The standard InChI is InChI=1S/C21H23ClFN3O3S/c1-3-4-11-18(21(27)26(2)13-15-16(22)9-7-10-17(15)23)24-20-14-8-5-6-12-19(14)30(28,29)25-20/h5-10,12,18H,3-4,11,13H2,1-2H3,(H,24,25). The number of unbranched alkanes of at least 4 members (excludes halogenated alkanes) is 1. The number of benzene rings is 2. The number of amides is 1. The summed E-state index contributed by atoms with van der Waals surface area (Å²) in [5.41, 5.74) is 0.662. The van der Waals surface area contributed by atoms with Gasteiger partial charge < -0.3 is 4.90 Å². The van der Waals surface area contributed by atoms with Gasteiger partial charge in [0.15, 0.2) is 0 Å². The highest BCUT2D eigenvalue weighted by Gasteiger charge is 2.32. The molecule has 0 bridgehead atoms. The average molecular weight is 452 g/mol. The summed E-state index contributed by atoms with van der Waals surface area (Å²) in [6.07, 6.45) is 2.02. The van der Waals surface area contributed by atoms with E-state index in [1.807, 2.05) is 6.92 Å². The van der Waals surface area contributed by atoms with Crippen LogP contribution in [-0.2, 0) is 21.4 Å². The van der Waals surface area contributed by atoms with Gasteiger partial charge in [-0.25, -0.2) is 12.8 Å². The van der Waals surface area contributed by atoms with Crippen LogP contribution in [0.4, 0.5) is 4.39 Å². The largest absolute Gasteiger partial charge is 0.339 e. The molecule has 1 amide bonds. The van der Waals surface area contributed by atoms with Gasteiger partial charge in [0, 0.05) is 29.7 Å². The number of halogens is 2. The second-order valence-corrected chi connectivity index (χ2v) is 9.19. The zero-order chi connectivity index (χ0) is 21.9. The van der Waals surface area contributed by atoms with Crippen LogP contribution in [0.1, 0.15) is 37.3 Å². The molecule has 0 aliphatic carbocycles. The summed E-state index contributed by atoms with van der Waals surface area (Å²) in [4.78, 5) is 19.1. The molecule has 1 aliphatic heterocycles. The first-order valence-corrected chi connectivity index (χ1v) is 11.5. The van der Waals surface area contributed by atoms with Gasteiger partial charge in [0.1, 0.15) is 17.7 Å². The van der Waals surface area contributed by atoms with Crippen LogP contribution in [0.2, 0.25) is 5.02 Å². The Bertz CT molecular complexity index is 1070. The van der Waals surface area contributed by atoms with Gasteiger partial charge in [0.05, 0.1) is 4.90 Å². The number of rotatable bonds is 7. The van der Waals surface area contributed by atoms with Crippen LogP contribution in [0.15, 0.2) is 52.4 Å². The maximum atomic E-state index is 14.1. The molecule has 0 saturated carbocycles. The highest BCUT2D eigenvalue weighted by molar-refractivity contribution is 7.90. The molecule has 0 saturated heterocycles. The van der Waals surface area contributed by atoms with Crippen LogP contribution in [0, 0.1) is 5.82 Å². The third kappa shape index (κ3) is 4.65. The van der Waals surface area contributed by atoms with Gasteiger partial charge >= 0.3 is 0 Å². The minimum absolute atomic E-state index is 0.0138. The molecule has 1 aliphatic rings. The van der Waals surface area contributed by atoms with E-state index in [9.17, 15) is 17.6 Å². The van der Waals surface area contributed by atoms with E-state index in [-0.39, 0.29) is 33.8 Å². The van der Waals surface area contributed by atoms with E-state index in [4.69, 9.17) is 11.6 Å². The molecule has 1 unspecified atom stereocenters. The molecule has 1 heterocycles. The summed E-state index contributed by atoms with van der Waals surface area (Å²) >= 11 is 6.08. The van der Waals surface area contributed by atoms with Crippen molar-refractivity contribution in [1.29, 1.82) is 0 Å². The van der Waals surface area contributed by atoms with Gasteiger partial charge in [0.2, 0.25) is 5.91 Å². The zero-order valence-corrected chi connectivity index (χ0v) is 18.3. The van der Waals surface area contributed by atoms with Crippen molar-refractivity contribution in [2.45, 2.75) is 43.7 Å². The monoisotopic (exact) mass is 451 g/mol. The Hall–Kier alpha value is -2.45. The molecular weight excluding hydrogens is 429 g/mol. The fraction of sp³-hybridized carbons (Fsp3) is 0.333. The molecule has 0 spiro atoms. The van der Waals surface area contributed by atoms with Gasteiger partial charge in [-0.15, -0.1) is 0 Å². The van der Waals surface area contributed by atoms with E-state index in [0.717, 1.165) is 12.8 Å². The number of amidine groups is 1. The van der Waals surface area contributed by atoms with Crippen molar-refractivity contribution in [3.05, 3.63) is 64.4 Å². The Labute approximate surface area is 180 Å². The highest BCUT2D eigenvalue weighted by atomic mass is 35.5. The SMILES string of the molecule is CCCCC(N=C1NS(=O)(=O)c2ccccc21)C(=O)N(C)Cc1c(F)cccc1Cl. The summed E-state index contributed by atoms with van der Waals surface area (Å²) < 4.78 is 41.2. The lowest BCUT2D eigenvalue weighted by Gasteiger charge is -2.23. The second-order valence-electron chi connectivity index (χ2n) is 7.13. The first kappa shape index (κ1) is 22.2. The molecule has 3 rings (SSSR count). The number of likely N-dealkylation sites (N-methyl/N-ethyl adjacent to an activating group) is 1. The van der Waals surface area contributed by atoms with Crippen molar-refractivity contribution in [2.24, 2.45) is 4.99 Å². The molecule has 1 N–H and O–H groups in total. The molecule has 160 valence electrons. The number of fused-ring (bicyclic) bond motifs is 1. The minimum Gasteiger partial charge on any atom is -0.339 e. The summed E-state index contributed by atoms with van der Waals surface area (Å²) in [7, 11) is -2.15. The molecule has 0 aromatic heterocycles. The number of hydrogen-bond donors (Lipinski definition) is 1. The molecule has 2 aromatic carbocycles. The summed E-state index contributed by atoms with van der Waals surface area (Å²) in [6, 6.07) is 10.0. The predicted octanol–water partition coefficient (Wildman–Crippen LogP) is 3.74. The van der Waals surface area contributed by atoms with Crippen LogP contribution in [0.25, 0.3) is 0 Å². The number of carbonyl (C=O) groups is 1. The molecule has 2 aromatic rings. The Morgan fingerprint density at radius 3 is 2.67 bits per heavy atom. The molecular formula is C21H23ClFN3O3S. The van der Waals surface area contributed by atoms with Crippen molar-refractivity contribution < 1.29 is 17.6 Å². The van der Waals surface area contributed by atoms with E-state index < -0.39 is 21.9 Å². The number of sulfonamides is 1. The number of aliphatic imine (C=N–C) groups is 1. The summed E-state index contributed by atoms with van der Waals surface area (Å²) in [5, 5.41) is 0.239. The first-order valence-electron chi connectivity index (χ1n) is 9.62. The molecule has 30 heavy (non-hydrogen) atoms. The van der Waals surface area contributed by atoms with Crippen LogP contribution in [0.3, 0.4) is 0 Å². The van der Waals surface area contributed by atoms with Gasteiger partial charge in [-0.05, 0) is 30.7 Å². The number of nitrogens with zero attached hydrogens (tertiary/aromatic N) is 2. The molecule has 1 atom stereocenters. The smallest absolute Gasteiger partial charge is 0.263 e. The van der Waals surface area contributed by atoms with Crippen molar-refractivity contribution in [3.63, 3.8) is 0 Å². The van der Waals surface area contributed by atoms with Crippen LogP contribution < -0.4 is 4.72 Å². The zero-order valence-electron chi connectivity index (χ0n) is 16.7. The third-order valence-electron chi connectivity index (χ3n) is 4.90. The fourth-order valence-electron chi connectivity index (χ4n) is 3.28. The van der Waals surface area contributed by atoms with Crippen molar-refractivity contribution in [1.82, 2.24) is 9.62 Å². The number of carbonyl (C=O) groups excluding carboxylic acids is 1. The topological polar surface area (TPSA) is 78.8 Å². The first-order chi connectivity index (χ1) is 14.2. The normalized spacial score (nSPS) is 16.7. The Morgan fingerprint density at radius 1 is 1.23 bits per heavy atom. The van der Waals surface area contributed by atoms with E-state index in [1.54, 1.807) is 31.3 Å². The minimum atomic E-state index is -3.70. The van der Waals surface area contributed by atoms with Crippen molar-refractivity contribution >= 4 is 33.4 Å². The molecule has 0 fully saturated rings. The number of hydrogen-bond acceptors (Lipinski definition) is 4. The second kappa shape index (κ2) is 9.14. The Balaban J connectivity index is 1.89. The Kier molecular flexibility index (Phi) is 6.77. The van der Waals surface area contributed by atoms with Crippen LogP contribution in [-0.4, -0.2) is 38.2 Å². The molecule has 9 heteroatoms. The van der Waals surface area contributed by atoms with E-state index in [0.29, 0.717) is 12.0 Å². The van der Waals surface area contributed by atoms with E-state index >= 15 is 0 Å². The van der Waals surface area contributed by atoms with Gasteiger partial charge in [-0.2, -0.15) is 0 Å². The maximum Gasteiger partial charge on any atom is 0.263 e. The van der Waals surface area contributed by atoms with Gasteiger partial charge in [-0.1, -0.05) is 49.6 Å². The quantitative estimate of drug-likeness (QED) is 0.696. The van der Waals surface area contributed by atoms with E-state index in [1.165, 1.54) is 23.1 Å². The Morgan fingerprint density at radius 2 is 1.97 bits per heavy atom. The average Bonchev–Trinajstić information content (AvgIpc) is 2.97. The predicted molar refractivity (Wildman–Crippen MR) is 114 cm³/mol. The molecule has 6 nitrogen and oxygen atoms in total. The third-order valence-corrected chi connectivity index (χ3v) is 6.65. The van der Waals surface area contributed by atoms with Gasteiger partial charge in [-0.3, -0.25) is 14.5 Å². The molecule has 0 radical (unpaired) electrons. The highest BCUT2D eigenvalue weighted by Crippen LogP contribution is 2.24. The number of nitrogens with one attached hydrogen (secondary N) is 1.